The summed E-state index contributed by atoms with van der Waals surface area (Å²) in [5, 5.41) is 0. The zero-order chi connectivity index (χ0) is 16.4. The van der Waals surface area contributed by atoms with E-state index in [-0.39, 0.29) is 17.2 Å². The number of benzene rings is 1. The van der Waals surface area contributed by atoms with Crippen molar-refractivity contribution in [1.82, 2.24) is 0 Å². The average Bonchev–Trinajstić information content (AvgIpc) is 2.51. The van der Waals surface area contributed by atoms with Crippen LogP contribution in [0.1, 0.15) is 73.6 Å². The zero-order valence-corrected chi connectivity index (χ0v) is 13.8. The van der Waals surface area contributed by atoms with Crippen LogP contribution in [0.2, 0.25) is 0 Å². The number of rotatable bonds is 9. The molecule has 0 N–H and O–H groups in total. The van der Waals surface area contributed by atoms with Crippen molar-refractivity contribution >= 4 is 11.9 Å². The first-order chi connectivity index (χ1) is 10.6. The Labute approximate surface area is 132 Å². The van der Waals surface area contributed by atoms with Gasteiger partial charge in [-0.25, -0.2) is 9.59 Å². The smallest absolute Gasteiger partial charge is 0.339 e. The first kappa shape index (κ1) is 18.2. The van der Waals surface area contributed by atoms with Crippen molar-refractivity contribution < 1.29 is 19.1 Å². The van der Waals surface area contributed by atoms with Gasteiger partial charge in [-0.3, -0.25) is 0 Å². The van der Waals surface area contributed by atoms with Crippen molar-refractivity contribution in [2.75, 3.05) is 6.61 Å². The van der Waals surface area contributed by atoms with Crippen molar-refractivity contribution in [3.05, 3.63) is 35.4 Å². The van der Waals surface area contributed by atoms with Gasteiger partial charge in [-0.1, -0.05) is 45.2 Å². The predicted octanol–water partition coefficient (Wildman–Crippen LogP) is 4.38. The number of hydrogen-bond donors (Lipinski definition) is 0. The number of esters is 2. The van der Waals surface area contributed by atoms with Gasteiger partial charge in [0.2, 0.25) is 0 Å². The van der Waals surface area contributed by atoms with E-state index >= 15 is 0 Å². The maximum absolute atomic E-state index is 12.2. The summed E-state index contributed by atoms with van der Waals surface area (Å²) >= 11 is 0. The van der Waals surface area contributed by atoms with Crippen molar-refractivity contribution in [2.45, 2.75) is 59.0 Å². The molecule has 0 fully saturated rings. The summed E-state index contributed by atoms with van der Waals surface area (Å²) in [6, 6.07) is 6.64. The summed E-state index contributed by atoms with van der Waals surface area (Å²) in [7, 11) is 0. The summed E-state index contributed by atoms with van der Waals surface area (Å²) in [5.74, 6) is -0.936. The first-order valence-electron chi connectivity index (χ1n) is 8.07. The predicted molar refractivity (Wildman–Crippen MR) is 86.0 cm³/mol. The molecule has 0 spiro atoms. The number of hydrogen-bond acceptors (Lipinski definition) is 4. The van der Waals surface area contributed by atoms with Gasteiger partial charge in [0.05, 0.1) is 23.8 Å². The van der Waals surface area contributed by atoms with E-state index in [4.69, 9.17) is 9.47 Å². The number of carbonyl (C=O) groups excluding carboxylic acids is 2. The molecule has 0 aromatic heterocycles. The fourth-order valence-corrected chi connectivity index (χ4v) is 2.15. The molecule has 0 heterocycles. The van der Waals surface area contributed by atoms with Gasteiger partial charge in [-0.15, -0.1) is 0 Å². The van der Waals surface area contributed by atoms with Crippen LogP contribution in [0, 0.1) is 0 Å². The molecule has 1 aromatic carbocycles. The van der Waals surface area contributed by atoms with E-state index in [0.717, 1.165) is 32.1 Å². The summed E-state index contributed by atoms with van der Waals surface area (Å²) in [4.78, 5) is 24.3. The Morgan fingerprint density at radius 2 is 1.64 bits per heavy atom. The molecule has 0 amide bonds. The normalized spacial score (nSPS) is 11.8. The van der Waals surface area contributed by atoms with Crippen molar-refractivity contribution in [3.63, 3.8) is 0 Å². The third kappa shape index (κ3) is 5.88. The molecule has 0 saturated carbocycles. The summed E-state index contributed by atoms with van der Waals surface area (Å²) in [6.07, 6.45) is 4.50. The van der Waals surface area contributed by atoms with E-state index in [1.165, 1.54) is 0 Å². The van der Waals surface area contributed by atoms with Gasteiger partial charge in [-0.2, -0.15) is 0 Å². The van der Waals surface area contributed by atoms with Gasteiger partial charge in [0, 0.05) is 0 Å². The van der Waals surface area contributed by atoms with Crippen LogP contribution in [0.15, 0.2) is 24.3 Å². The minimum Gasteiger partial charge on any atom is -0.462 e. The molecule has 0 aliphatic heterocycles. The SMILES string of the molecule is CCCCCOC(=O)c1ccccc1C(=O)OC(C)CCC. The Morgan fingerprint density at radius 3 is 2.23 bits per heavy atom. The van der Waals surface area contributed by atoms with Gasteiger partial charge in [-0.05, 0) is 31.9 Å². The Kier molecular flexibility index (Phi) is 8.26. The molecule has 1 aromatic rings. The Balaban J connectivity index is 2.72. The van der Waals surface area contributed by atoms with E-state index in [2.05, 4.69) is 6.92 Å². The highest BCUT2D eigenvalue weighted by atomic mass is 16.5. The van der Waals surface area contributed by atoms with Gasteiger partial charge < -0.3 is 9.47 Å². The molecule has 0 radical (unpaired) electrons. The molecule has 0 aliphatic carbocycles. The van der Waals surface area contributed by atoms with Crippen LogP contribution in [0.3, 0.4) is 0 Å². The van der Waals surface area contributed by atoms with E-state index in [1.54, 1.807) is 24.3 Å². The van der Waals surface area contributed by atoms with Crippen LogP contribution in [-0.4, -0.2) is 24.6 Å². The van der Waals surface area contributed by atoms with Crippen LogP contribution in [0.25, 0.3) is 0 Å². The van der Waals surface area contributed by atoms with Crippen molar-refractivity contribution in [3.8, 4) is 0 Å². The molecule has 0 saturated heterocycles. The lowest BCUT2D eigenvalue weighted by molar-refractivity contribution is 0.0311. The Hall–Kier alpha value is -1.84. The molecule has 0 aliphatic rings. The second-order valence-electron chi connectivity index (χ2n) is 5.39. The number of carbonyl (C=O) groups is 2. The lowest BCUT2D eigenvalue weighted by Gasteiger charge is -2.14. The molecular weight excluding hydrogens is 280 g/mol. The molecule has 4 nitrogen and oxygen atoms in total. The van der Waals surface area contributed by atoms with E-state index < -0.39 is 11.9 Å². The molecule has 4 heteroatoms. The lowest BCUT2D eigenvalue weighted by atomic mass is 10.1. The van der Waals surface area contributed by atoms with E-state index in [9.17, 15) is 9.59 Å². The summed E-state index contributed by atoms with van der Waals surface area (Å²) < 4.78 is 10.6. The van der Waals surface area contributed by atoms with Gasteiger partial charge in [0.15, 0.2) is 0 Å². The van der Waals surface area contributed by atoms with Crippen LogP contribution in [0.5, 0.6) is 0 Å². The summed E-state index contributed by atoms with van der Waals surface area (Å²) in [5.41, 5.74) is 0.540. The monoisotopic (exact) mass is 306 g/mol. The fourth-order valence-electron chi connectivity index (χ4n) is 2.15. The van der Waals surface area contributed by atoms with Crippen LogP contribution >= 0.6 is 0 Å². The highest BCUT2D eigenvalue weighted by molar-refractivity contribution is 6.03. The highest BCUT2D eigenvalue weighted by Crippen LogP contribution is 2.14. The first-order valence-corrected chi connectivity index (χ1v) is 8.07. The molecule has 0 bridgehead atoms. The van der Waals surface area contributed by atoms with Crippen molar-refractivity contribution in [1.29, 1.82) is 0 Å². The zero-order valence-electron chi connectivity index (χ0n) is 13.8. The third-order valence-corrected chi connectivity index (χ3v) is 3.35. The van der Waals surface area contributed by atoms with E-state index in [0.29, 0.717) is 6.61 Å². The van der Waals surface area contributed by atoms with Crippen LogP contribution in [0.4, 0.5) is 0 Å². The maximum atomic E-state index is 12.2. The standard InChI is InChI=1S/C18H26O4/c1-4-6-9-13-21-17(19)15-11-7-8-12-16(15)18(20)22-14(3)10-5-2/h7-8,11-12,14H,4-6,9-10,13H2,1-3H3. The number of ether oxygens (including phenoxy) is 2. The number of unbranched alkanes of at least 4 members (excludes halogenated alkanes) is 2. The van der Waals surface area contributed by atoms with Gasteiger partial charge in [0.25, 0.3) is 0 Å². The minimum atomic E-state index is -0.470. The highest BCUT2D eigenvalue weighted by Gasteiger charge is 2.20. The van der Waals surface area contributed by atoms with Gasteiger partial charge >= 0.3 is 11.9 Å². The van der Waals surface area contributed by atoms with Gasteiger partial charge in [0.1, 0.15) is 0 Å². The molecule has 1 unspecified atom stereocenters. The average molecular weight is 306 g/mol. The molecule has 22 heavy (non-hydrogen) atoms. The largest absolute Gasteiger partial charge is 0.462 e. The maximum Gasteiger partial charge on any atom is 0.339 e. The topological polar surface area (TPSA) is 52.6 Å². The van der Waals surface area contributed by atoms with Crippen LogP contribution < -0.4 is 0 Å². The Bertz CT molecular complexity index is 482. The van der Waals surface area contributed by atoms with E-state index in [1.807, 2.05) is 13.8 Å². The molecule has 1 atom stereocenters. The molecule has 122 valence electrons. The summed E-state index contributed by atoms with van der Waals surface area (Å²) in [6.45, 7) is 6.35. The second-order valence-corrected chi connectivity index (χ2v) is 5.39. The second kappa shape index (κ2) is 9.98. The third-order valence-electron chi connectivity index (χ3n) is 3.35. The van der Waals surface area contributed by atoms with Crippen LogP contribution in [-0.2, 0) is 9.47 Å². The minimum absolute atomic E-state index is 0.161. The molecular formula is C18H26O4. The van der Waals surface area contributed by atoms with Crippen molar-refractivity contribution in [2.24, 2.45) is 0 Å². The Morgan fingerprint density at radius 1 is 1.00 bits per heavy atom. The quantitative estimate of drug-likeness (QED) is 0.502. The fraction of sp³-hybridized carbons (Fsp3) is 0.556. The lowest BCUT2D eigenvalue weighted by Crippen LogP contribution is -2.18. The molecule has 1 rings (SSSR count).